The maximum Gasteiger partial charge on any atom is 0.308 e. The Balaban J connectivity index is 1.99. The molecule has 1 aliphatic rings. The van der Waals surface area contributed by atoms with Crippen molar-refractivity contribution < 1.29 is 19.1 Å². The number of amides is 1. The predicted octanol–water partition coefficient (Wildman–Crippen LogP) is 1.47. The Kier molecular flexibility index (Phi) is 2.98. The third-order valence-corrected chi connectivity index (χ3v) is 2.84. The molecule has 0 aromatic heterocycles. The number of esters is 1. The van der Waals surface area contributed by atoms with Crippen LogP contribution in [0.15, 0.2) is 24.3 Å². The Morgan fingerprint density at radius 1 is 1.22 bits per heavy atom. The molecule has 0 saturated carbocycles. The van der Waals surface area contributed by atoms with Crippen molar-refractivity contribution in [3.63, 3.8) is 0 Å². The molecule has 1 amide bonds. The minimum Gasteiger partial charge on any atom is -0.470 e. The second-order valence-electron chi connectivity index (χ2n) is 4.76. The van der Waals surface area contributed by atoms with E-state index in [1.807, 2.05) is 13.8 Å². The van der Waals surface area contributed by atoms with Gasteiger partial charge in [0.15, 0.2) is 6.23 Å². The number of rotatable bonds is 3. The summed E-state index contributed by atoms with van der Waals surface area (Å²) in [6.07, 6.45) is -0.329. The SMILES string of the molecule is CC(=O)Oc1ccc(OC2NC(=O)C2(C)C)cc1. The summed E-state index contributed by atoms with van der Waals surface area (Å²) in [7, 11) is 0. The van der Waals surface area contributed by atoms with Gasteiger partial charge in [-0.2, -0.15) is 0 Å². The van der Waals surface area contributed by atoms with Crippen LogP contribution < -0.4 is 14.8 Å². The van der Waals surface area contributed by atoms with E-state index in [0.717, 1.165) is 0 Å². The summed E-state index contributed by atoms with van der Waals surface area (Å²) in [5, 5.41) is 2.68. The lowest BCUT2D eigenvalue weighted by Crippen LogP contribution is -2.66. The minimum atomic E-state index is -0.519. The van der Waals surface area contributed by atoms with Gasteiger partial charge in [-0.3, -0.25) is 9.59 Å². The van der Waals surface area contributed by atoms with Crippen LogP contribution in [-0.4, -0.2) is 18.1 Å². The number of hydrogen-bond acceptors (Lipinski definition) is 4. The van der Waals surface area contributed by atoms with E-state index in [1.165, 1.54) is 6.92 Å². The molecule has 2 rings (SSSR count). The molecular formula is C13H15NO4. The summed E-state index contributed by atoms with van der Waals surface area (Å²) in [4.78, 5) is 22.0. The Morgan fingerprint density at radius 2 is 1.78 bits per heavy atom. The molecule has 0 spiro atoms. The van der Waals surface area contributed by atoms with Gasteiger partial charge >= 0.3 is 5.97 Å². The van der Waals surface area contributed by atoms with Crippen molar-refractivity contribution in [3.8, 4) is 11.5 Å². The Hall–Kier alpha value is -2.04. The maximum absolute atomic E-state index is 11.3. The van der Waals surface area contributed by atoms with E-state index >= 15 is 0 Å². The lowest BCUT2D eigenvalue weighted by molar-refractivity contribution is -0.155. The van der Waals surface area contributed by atoms with Crippen LogP contribution in [-0.2, 0) is 9.59 Å². The third kappa shape index (κ3) is 2.30. The summed E-state index contributed by atoms with van der Waals surface area (Å²) in [5.74, 6) is 0.691. The molecule has 0 radical (unpaired) electrons. The second-order valence-corrected chi connectivity index (χ2v) is 4.76. The fraction of sp³-hybridized carbons (Fsp3) is 0.385. The van der Waals surface area contributed by atoms with Crippen molar-refractivity contribution in [1.29, 1.82) is 0 Å². The molecule has 1 atom stereocenters. The molecule has 18 heavy (non-hydrogen) atoms. The zero-order valence-electron chi connectivity index (χ0n) is 10.5. The molecule has 1 aromatic carbocycles. The fourth-order valence-corrected chi connectivity index (χ4v) is 1.59. The minimum absolute atomic E-state index is 0.0240. The fourth-order valence-electron chi connectivity index (χ4n) is 1.59. The van der Waals surface area contributed by atoms with Crippen LogP contribution in [0.1, 0.15) is 20.8 Å². The highest BCUT2D eigenvalue weighted by atomic mass is 16.5. The molecule has 96 valence electrons. The van der Waals surface area contributed by atoms with Crippen molar-refractivity contribution >= 4 is 11.9 Å². The quantitative estimate of drug-likeness (QED) is 0.500. The first kappa shape index (κ1) is 12.4. The van der Waals surface area contributed by atoms with Crippen molar-refractivity contribution in [3.05, 3.63) is 24.3 Å². The predicted molar refractivity (Wildman–Crippen MR) is 64.1 cm³/mol. The highest BCUT2D eigenvalue weighted by molar-refractivity contribution is 5.88. The standard InChI is InChI=1S/C13H15NO4/c1-8(15)17-9-4-6-10(7-5-9)18-12-13(2,3)11(16)14-12/h4-7,12H,1-3H3,(H,14,16). The highest BCUT2D eigenvalue weighted by Crippen LogP contribution is 2.31. The Morgan fingerprint density at radius 3 is 2.22 bits per heavy atom. The number of β-lactam (4-membered cyclic amide) rings is 1. The van der Waals surface area contributed by atoms with Gasteiger partial charge in [-0.25, -0.2) is 0 Å². The second kappa shape index (κ2) is 4.33. The van der Waals surface area contributed by atoms with Crippen molar-refractivity contribution in [2.24, 2.45) is 5.41 Å². The van der Waals surface area contributed by atoms with Crippen molar-refractivity contribution in [2.75, 3.05) is 0 Å². The van der Waals surface area contributed by atoms with E-state index in [-0.39, 0.29) is 18.1 Å². The van der Waals surface area contributed by atoms with Crippen LogP contribution in [0.3, 0.4) is 0 Å². The topological polar surface area (TPSA) is 64.6 Å². The summed E-state index contributed by atoms with van der Waals surface area (Å²) in [6.45, 7) is 4.99. The van der Waals surface area contributed by atoms with Gasteiger partial charge in [0, 0.05) is 6.92 Å². The monoisotopic (exact) mass is 249 g/mol. The number of carbonyl (C=O) groups excluding carboxylic acids is 2. The molecule has 5 heteroatoms. The largest absolute Gasteiger partial charge is 0.470 e. The summed E-state index contributed by atoms with van der Waals surface area (Å²) >= 11 is 0. The summed E-state index contributed by atoms with van der Waals surface area (Å²) in [6, 6.07) is 6.67. The third-order valence-electron chi connectivity index (χ3n) is 2.84. The van der Waals surface area contributed by atoms with E-state index in [1.54, 1.807) is 24.3 Å². The number of carbonyl (C=O) groups is 2. The first-order valence-electron chi connectivity index (χ1n) is 5.66. The maximum atomic E-state index is 11.3. The summed E-state index contributed by atoms with van der Waals surface area (Å²) in [5.41, 5.74) is -0.519. The zero-order chi connectivity index (χ0) is 13.3. The van der Waals surface area contributed by atoms with E-state index in [9.17, 15) is 9.59 Å². The van der Waals surface area contributed by atoms with Crippen LogP contribution in [0.2, 0.25) is 0 Å². The van der Waals surface area contributed by atoms with Crippen LogP contribution in [0, 0.1) is 5.41 Å². The summed E-state index contributed by atoms with van der Waals surface area (Å²) < 4.78 is 10.5. The van der Waals surface area contributed by atoms with Crippen molar-refractivity contribution in [1.82, 2.24) is 5.32 Å². The van der Waals surface area contributed by atoms with Gasteiger partial charge in [-0.1, -0.05) is 0 Å². The average molecular weight is 249 g/mol. The van der Waals surface area contributed by atoms with Gasteiger partial charge in [0.05, 0.1) is 5.41 Å². The molecule has 0 bridgehead atoms. The van der Waals surface area contributed by atoms with Gasteiger partial charge in [-0.05, 0) is 38.1 Å². The number of nitrogens with one attached hydrogen (secondary N) is 1. The molecule has 1 N–H and O–H groups in total. The van der Waals surface area contributed by atoms with Gasteiger partial charge in [0.25, 0.3) is 0 Å². The average Bonchev–Trinajstić information content (AvgIpc) is 2.30. The van der Waals surface area contributed by atoms with Crippen LogP contribution in [0.5, 0.6) is 11.5 Å². The number of ether oxygens (including phenoxy) is 2. The highest BCUT2D eigenvalue weighted by Gasteiger charge is 2.49. The van der Waals surface area contributed by atoms with E-state index in [4.69, 9.17) is 9.47 Å². The van der Waals surface area contributed by atoms with Crippen LogP contribution in [0.25, 0.3) is 0 Å². The van der Waals surface area contributed by atoms with Gasteiger partial charge in [0.2, 0.25) is 5.91 Å². The van der Waals surface area contributed by atoms with E-state index in [0.29, 0.717) is 11.5 Å². The van der Waals surface area contributed by atoms with Gasteiger partial charge < -0.3 is 14.8 Å². The van der Waals surface area contributed by atoms with E-state index < -0.39 is 5.41 Å². The molecule has 1 heterocycles. The first-order chi connectivity index (χ1) is 8.39. The molecule has 1 fully saturated rings. The van der Waals surface area contributed by atoms with Crippen molar-refractivity contribution in [2.45, 2.75) is 27.0 Å². The number of hydrogen-bond donors (Lipinski definition) is 1. The molecule has 5 nitrogen and oxygen atoms in total. The molecule has 1 unspecified atom stereocenters. The number of benzene rings is 1. The Bertz CT molecular complexity index is 478. The molecule has 0 aliphatic carbocycles. The normalized spacial score (nSPS) is 20.6. The molecular weight excluding hydrogens is 234 g/mol. The molecule has 1 aliphatic heterocycles. The van der Waals surface area contributed by atoms with Gasteiger partial charge in [-0.15, -0.1) is 0 Å². The van der Waals surface area contributed by atoms with Crippen LogP contribution >= 0.6 is 0 Å². The smallest absolute Gasteiger partial charge is 0.308 e. The lowest BCUT2D eigenvalue weighted by Gasteiger charge is -2.42. The molecule has 1 aromatic rings. The Labute approximate surface area is 105 Å². The first-order valence-corrected chi connectivity index (χ1v) is 5.66. The van der Waals surface area contributed by atoms with E-state index in [2.05, 4.69) is 5.32 Å². The van der Waals surface area contributed by atoms with Gasteiger partial charge in [0.1, 0.15) is 11.5 Å². The van der Waals surface area contributed by atoms with Crippen LogP contribution in [0.4, 0.5) is 0 Å². The molecule has 1 saturated heterocycles. The lowest BCUT2D eigenvalue weighted by atomic mass is 9.83. The zero-order valence-corrected chi connectivity index (χ0v) is 10.5.